The molecular formula is C21H20ClFN4O4S. The van der Waals surface area contributed by atoms with Crippen LogP contribution in [-0.2, 0) is 14.6 Å². The van der Waals surface area contributed by atoms with Gasteiger partial charge < -0.3 is 5.32 Å². The average molecular weight is 479 g/mol. The number of halogens is 2. The molecule has 1 aliphatic heterocycles. The number of aromatic nitrogens is 3. The molecule has 1 atom stereocenters. The number of carbonyl (C=O) groups excluding carboxylic acids is 1. The fourth-order valence-corrected chi connectivity index (χ4v) is 5.53. The number of hydrogen-bond donors (Lipinski definition) is 1. The second kappa shape index (κ2) is 8.95. The lowest BCUT2D eigenvalue weighted by atomic mass is 9.93. The minimum Gasteiger partial charge on any atom is -0.309 e. The minimum absolute atomic E-state index is 0.0425. The predicted molar refractivity (Wildman–Crippen MR) is 119 cm³/mol. The van der Waals surface area contributed by atoms with Gasteiger partial charge >= 0.3 is 0 Å². The van der Waals surface area contributed by atoms with Crippen LogP contribution in [0.3, 0.4) is 0 Å². The molecular weight excluding hydrogens is 459 g/mol. The monoisotopic (exact) mass is 478 g/mol. The molecule has 11 heteroatoms. The highest BCUT2D eigenvalue weighted by molar-refractivity contribution is 7.91. The van der Waals surface area contributed by atoms with Crippen LogP contribution >= 0.6 is 11.6 Å². The smallest absolute Gasteiger partial charge is 0.262 e. The first-order chi connectivity index (χ1) is 15.2. The molecule has 3 heterocycles. The van der Waals surface area contributed by atoms with E-state index in [0.717, 1.165) is 6.07 Å². The Morgan fingerprint density at radius 1 is 1.22 bits per heavy atom. The SMILES string of the molecule is O=C(Nc1ccc(Cl)cn1)C(CC1CCS(=O)(=O)CC1)n1cnc2ccc(F)cc2c1=O. The van der Waals surface area contributed by atoms with Crippen molar-refractivity contribution < 1.29 is 17.6 Å². The van der Waals surface area contributed by atoms with E-state index in [4.69, 9.17) is 11.6 Å². The summed E-state index contributed by atoms with van der Waals surface area (Å²) in [5, 5.41) is 3.13. The number of carbonyl (C=O) groups is 1. The summed E-state index contributed by atoms with van der Waals surface area (Å²) < 4.78 is 38.5. The molecule has 2 aromatic heterocycles. The summed E-state index contributed by atoms with van der Waals surface area (Å²) in [6.07, 6.45) is 3.68. The molecule has 1 amide bonds. The number of benzene rings is 1. The van der Waals surface area contributed by atoms with E-state index in [2.05, 4.69) is 15.3 Å². The summed E-state index contributed by atoms with van der Waals surface area (Å²) in [4.78, 5) is 34.6. The van der Waals surface area contributed by atoms with Crippen molar-refractivity contribution in [1.82, 2.24) is 14.5 Å². The van der Waals surface area contributed by atoms with Crippen LogP contribution < -0.4 is 10.9 Å². The third-order valence-electron chi connectivity index (χ3n) is 5.59. The number of fused-ring (bicyclic) bond motifs is 1. The van der Waals surface area contributed by atoms with Crippen LogP contribution in [0.2, 0.25) is 5.02 Å². The maximum Gasteiger partial charge on any atom is 0.262 e. The highest BCUT2D eigenvalue weighted by atomic mass is 35.5. The van der Waals surface area contributed by atoms with Crippen molar-refractivity contribution in [3.63, 3.8) is 0 Å². The summed E-state index contributed by atoms with van der Waals surface area (Å²) in [5.41, 5.74) is -0.239. The van der Waals surface area contributed by atoms with Crippen molar-refractivity contribution in [1.29, 1.82) is 0 Å². The van der Waals surface area contributed by atoms with Gasteiger partial charge in [-0.25, -0.2) is 22.8 Å². The highest BCUT2D eigenvalue weighted by Gasteiger charge is 2.31. The average Bonchev–Trinajstić information content (AvgIpc) is 2.76. The Morgan fingerprint density at radius 3 is 2.66 bits per heavy atom. The second-order valence-corrected chi connectivity index (χ2v) is 10.6. The molecule has 1 saturated heterocycles. The van der Waals surface area contributed by atoms with Crippen LogP contribution in [-0.4, -0.2) is 40.4 Å². The van der Waals surface area contributed by atoms with E-state index in [0.29, 0.717) is 23.4 Å². The Balaban J connectivity index is 1.69. The number of hydrogen-bond acceptors (Lipinski definition) is 6. The highest BCUT2D eigenvalue weighted by Crippen LogP contribution is 2.28. The van der Waals surface area contributed by atoms with Gasteiger partial charge in [0.1, 0.15) is 27.5 Å². The summed E-state index contributed by atoms with van der Waals surface area (Å²) in [6, 6.07) is 5.81. The van der Waals surface area contributed by atoms with Gasteiger partial charge in [-0.2, -0.15) is 0 Å². The Labute approximate surface area is 188 Å². The van der Waals surface area contributed by atoms with Gasteiger partial charge in [-0.05, 0) is 55.5 Å². The molecule has 32 heavy (non-hydrogen) atoms. The number of amides is 1. The predicted octanol–water partition coefficient (Wildman–Crippen LogP) is 2.98. The van der Waals surface area contributed by atoms with Crippen LogP contribution in [0, 0.1) is 11.7 Å². The first-order valence-corrected chi connectivity index (χ1v) is 12.2. The number of pyridine rings is 1. The summed E-state index contributed by atoms with van der Waals surface area (Å²) in [5.74, 6) is -0.835. The lowest BCUT2D eigenvalue weighted by Crippen LogP contribution is -2.36. The normalized spacial score (nSPS) is 17.2. The number of nitrogens with one attached hydrogen (secondary N) is 1. The molecule has 1 aromatic carbocycles. The largest absolute Gasteiger partial charge is 0.309 e. The molecule has 0 aliphatic carbocycles. The van der Waals surface area contributed by atoms with Gasteiger partial charge in [0.2, 0.25) is 5.91 Å². The van der Waals surface area contributed by atoms with Crippen LogP contribution in [0.4, 0.5) is 10.2 Å². The molecule has 1 aliphatic rings. The maximum absolute atomic E-state index is 13.7. The molecule has 4 rings (SSSR count). The van der Waals surface area contributed by atoms with E-state index in [1.54, 1.807) is 6.07 Å². The number of anilines is 1. The number of rotatable bonds is 5. The molecule has 1 fully saturated rings. The third-order valence-corrected chi connectivity index (χ3v) is 7.53. The van der Waals surface area contributed by atoms with E-state index < -0.39 is 33.2 Å². The van der Waals surface area contributed by atoms with E-state index in [9.17, 15) is 22.4 Å². The number of sulfone groups is 1. The van der Waals surface area contributed by atoms with Crippen molar-refractivity contribution >= 4 is 44.1 Å². The van der Waals surface area contributed by atoms with E-state index >= 15 is 0 Å². The van der Waals surface area contributed by atoms with Gasteiger partial charge in [-0.15, -0.1) is 0 Å². The lowest BCUT2D eigenvalue weighted by molar-refractivity contribution is -0.119. The van der Waals surface area contributed by atoms with E-state index in [1.807, 2.05) is 0 Å². The molecule has 3 aromatic rings. The summed E-state index contributed by atoms with van der Waals surface area (Å²) >= 11 is 5.84. The fraction of sp³-hybridized carbons (Fsp3) is 0.333. The minimum atomic E-state index is -3.08. The molecule has 0 spiro atoms. The Kier molecular flexibility index (Phi) is 6.25. The fourth-order valence-electron chi connectivity index (χ4n) is 3.83. The maximum atomic E-state index is 13.7. The Morgan fingerprint density at radius 2 is 1.97 bits per heavy atom. The van der Waals surface area contributed by atoms with Crippen molar-refractivity contribution in [2.24, 2.45) is 5.92 Å². The Bertz CT molecular complexity index is 1310. The van der Waals surface area contributed by atoms with Gasteiger partial charge in [-0.1, -0.05) is 11.6 Å². The van der Waals surface area contributed by atoms with Gasteiger partial charge in [-0.3, -0.25) is 14.2 Å². The van der Waals surface area contributed by atoms with Gasteiger partial charge in [0.05, 0.1) is 33.8 Å². The third kappa shape index (κ3) is 4.97. The van der Waals surface area contributed by atoms with Crippen molar-refractivity contribution in [2.75, 3.05) is 16.8 Å². The standard InChI is InChI=1S/C21H20ClFN4O4S/c22-14-1-4-19(24-11-14)26-20(28)18(9-13-5-7-32(30,31)8-6-13)27-12-25-17-3-2-15(23)10-16(17)21(27)29/h1-4,10-13,18H,5-9H2,(H,24,26,28). The zero-order valence-electron chi connectivity index (χ0n) is 16.9. The van der Waals surface area contributed by atoms with Crippen molar-refractivity contribution in [3.05, 3.63) is 64.0 Å². The van der Waals surface area contributed by atoms with Crippen LogP contribution in [0.5, 0.6) is 0 Å². The molecule has 0 bridgehead atoms. The summed E-state index contributed by atoms with van der Waals surface area (Å²) in [7, 11) is -3.08. The first-order valence-electron chi connectivity index (χ1n) is 10.0. The second-order valence-electron chi connectivity index (χ2n) is 7.82. The topological polar surface area (TPSA) is 111 Å². The van der Waals surface area contributed by atoms with Crippen molar-refractivity contribution in [3.8, 4) is 0 Å². The van der Waals surface area contributed by atoms with Gasteiger partial charge in [0.15, 0.2) is 0 Å². The zero-order valence-corrected chi connectivity index (χ0v) is 18.4. The first kappa shape index (κ1) is 22.3. The molecule has 8 nitrogen and oxygen atoms in total. The van der Waals surface area contributed by atoms with Gasteiger partial charge in [0.25, 0.3) is 5.56 Å². The van der Waals surface area contributed by atoms with Crippen LogP contribution in [0.25, 0.3) is 10.9 Å². The Hall–Kier alpha value is -2.85. The van der Waals surface area contributed by atoms with Crippen molar-refractivity contribution in [2.45, 2.75) is 25.3 Å². The van der Waals surface area contributed by atoms with E-state index in [1.165, 1.54) is 35.3 Å². The molecule has 168 valence electrons. The molecule has 1 N–H and O–H groups in total. The lowest BCUT2D eigenvalue weighted by Gasteiger charge is -2.27. The van der Waals surface area contributed by atoms with Crippen LogP contribution in [0.1, 0.15) is 25.3 Å². The van der Waals surface area contributed by atoms with Crippen LogP contribution in [0.15, 0.2) is 47.7 Å². The van der Waals surface area contributed by atoms with E-state index in [-0.39, 0.29) is 35.0 Å². The molecule has 1 unspecified atom stereocenters. The van der Waals surface area contributed by atoms with Gasteiger partial charge in [0, 0.05) is 6.20 Å². The summed E-state index contributed by atoms with van der Waals surface area (Å²) in [6.45, 7) is 0. The zero-order chi connectivity index (χ0) is 22.9. The number of nitrogens with zero attached hydrogens (tertiary/aromatic N) is 3. The molecule has 0 radical (unpaired) electrons. The quantitative estimate of drug-likeness (QED) is 0.603. The molecule has 0 saturated carbocycles.